The first-order valence-corrected chi connectivity index (χ1v) is 5.94. The molecule has 0 saturated heterocycles. The van der Waals surface area contributed by atoms with Gasteiger partial charge in [-0.05, 0) is 32.2 Å². The number of oxime groups is 1. The van der Waals surface area contributed by atoms with Gasteiger partial charge in [0.15, 0.2) is 5.84 Å². The molecule has 3 N–H and O–H groups in total. The third-order valence-electron chi connectivity index (χ3n) is 3.35. The van der Waals surface area contributed by atoms with E-state index in [0.29, 0.717) is 18.7 Å². The van der Waals surface area contributed by atoms with Gasteiger partial charge < -0.3 is 15.7 Å². The summed E-state index contributed by atoms with van der Waals surface area (Å²) >= 11 is 0. The van der Waals surface area contributed by atoms with Gasteiger partial charge in [0.2, 0.25) is 0 Å². The summed E-state index contributed by atoms with van der Waals surface area (Å²) in [6, 6.07) is 0.490. The highest BCUT2D eigenvalue weighted by atomic mass is 16.5. The summed E-state index contributed by atoms with van der Waals surface area (Å²) in [5, 5.41) is 11.6. The SMILES string of the molecule is CCN(CC(N)=NO)C1CCCC(OC)C1. The first-order valence-electron chi connectivity index (χ1n) is 5.94. The van der Waals surface area contributed by atoms with Gasteiger partial charge in [-0.2, -0.15) is 0 Å². The van der Waals surface area contributed by atoms with Gasteiger partial charge in [-0.1, -0.05) is 12.1 Å². The van der Waals surface area contributed by atoms with Gasteiger partial charge in [-0.3, -0.25) is 4.90 Å². The van der Waals surface area contributed by atoms with E-state index in [2.05, 4.69) is 17.0 Å². The second kappa shape index (κ2) is 6.70. The van der Waals surface area contributed by atoms with Crippen LogP contribution in [-0.2, 0) is 4.74 Å². The number of rotatable bonds is 5. The van der Waals surface area contributed by atoms with Gasteiger partial charge in [0.1, 0.15) is 0 Å². The molecular weight excluding hydrogens is 206 g/mol. The smallest absolute Gasteiger partial charge is 0.153 e. The number of hydrogen-bond donors (Lipinski definition) is 2. The lowest BCUT2D eigenvalue weighted by Gasteiger charge is -2.36. The van der Waals surface area contributed by atoms with Crippen molar-refractivity contribution in [2.75, 3.05) is 20.2 Å². The molecule has 0 bridgehead atoms. The Morgan fingerprint density at radius 3 is 2.88 bits per heavy atom. The van der Waals surface area contributed by atoms with Crippen molar-refractivity contribution in [2.24, 2.45) is 10.9 Å². The molecule has 0 aromatic carbocycles. The molecule has 0 spiro atoms. The normalized spacial score (nSPS) is 27.3. The topological polar surface area (TPSA) is 71.1 Å². The molecule has 0 aromatic heterocycles. The van der Waals surface area contributed by atoms with Gasteiger partial charge in [0.25, 0.3) is 0 Å². The first kappa shape index (κ1) is 13.3. The van der Waals surface area contributed by atoms with E-state index in [4.69, 9.17) is 15.7 Å². The van der Waals surface area contributed by atoms with Crippen molar-refractivity contribution in [3.63, 3.8) is 0 Å². The van der Waals surface area contributed by atoms with E-state index in [1.807, 2.05) is 0 Å². The van der Waals surface area contributed by atoms with Crippen molar-refractivity contribution in [1.82, 2.24) is 4.90 Å². The van der Waals surface area contributed by atoms with Crippen LogP contribution in [0.5, 0.6) is 0 Å². The van der Waals surface area contributed by atoms with Gasteiger partial charge in [0.05, 0.1) is 12.6 Å². The number of ether oxygens (including phenoxy) is 1. The second-order valence-electron chi connectivity index (χ2n) is 4.33. The van der Waals surface area contributed by atoms with Crippen LogP contribution < -0.4 is 5.73 Å². The van der Waals surface area contributed by atoms with Gasteiger partial charge in [-0.15, -0.1) is 0 Å². The number of methoxy groups -OCH3 is 1. The van der Waals surface area contributed by atoms with Crippen LogP contribution in [0.4, 0.5) is 0 Å². The summed E-state index contributed by atoms with van der Waals surface area (Å²) in [6.45, 7) is 3.55. The molecule has 1 aliphatic carbocycles. The molecule has 1 fully saturated rings. The molecule has 0 aromatic rings. The summed E-state index contributed by atoms with van der Waals surface area (Å²) in [4.78, 5) is 2.25. The third-order valence-corrected chi connectivity index (χ3v) is 3.35. The van der Waals surface area contributed by atoms with Crippen molar-refractivity contribution >= 4 is 5.84 Å². The third kappa shape index (κ3) is 3.64. The zero-order valence-electron chi connectivity index (χ0n) is 10.2. The molecule has 1 rings (SSSR count). The van der Waals surface area contributed by atoms with Crippen molar-refractivity contribution in [2.45, 2.75) is 44.8 Å². The fourth-order valence-electron chi connectivity index (χ4n) is 2.40. The monoisotopic (exact) mass is 229 g/mol. The molecule has 2 atom stereocenters. The van der Waals surface area contributed by atoms with E-state index in [0.717, 1.165) is 19.4 Å². The molecule has 5 nitrogen and oxygen atoms in total. The summed E-state index contributed by atoms with van der Waals surface area (Å²) in [5.41, 5.74) is 5.55. The highest BCUT2D eigenvalue weighted by Crippen LogP contribution is 2.24. The Balaban J connectivity index is 2.51. The van der Waals surface area contributed by atoms with E-state index >= 15 is 0 Å². The Morgan fingerprint density at radius 1 is 1.56 bits per heavy atom. The first-order chi connectivity index (χ1) is 7.71. The lowest BCUT2D eigenvalue weighted by atomic mass is 9.91. The van der Waals surface area contributed by atoms with Crippen LogP contribution in [0.25, 0.3) is 0 Å². The minimum atomic E-state index is 0.279. The summed E-state index contributed by atoms with van der Waals surface area (Å²) < 4.78 is 5.41. The maximum Gasteiger partial charge on any atom is 0.153 e. The van der Waals surface area contributed by atoms with Crippen LogP contribution in [0.15, 0.2) is 5.16 Å². The zero-order chi connectivity index (χ0) is 12.0. The van der Waals surface area contributed by atoms with Crippen molar-refractivity contribution in [3.8, 4) is 0 Å². The highest BCUT2D eigenvalue weighted by Gasteiger charge is 2.26. The van der Waals surface area contributed by atoms with Crippen molar-refractivity contribution in [3.05, 3.63) is 0 Å². The largest absolute Gasteiger partial charge is 0.409 e. The molecule has 0 heterocycles. The van der Waals surface area contributed by atoms with Crippen LogP contribution in [0.1, 0.15) is 32.6 Å². The van der Waals surface area contributed by atoms with Crippen LogP contribution in [0, 0.1) is 0 Å². The predicted molar refractivity (Wildman–Crippen MR) is 63.7 cm³/mol. The van der Waals surface area contributed by atoms with E-state index in [9.17, 15) is 0 Å². The molecule has 0 radical (unpaired) electrons. The van der Waals surface area contributed by atoms with E-state index in [-0.39, 0.29) is 5.84 Å². The average molecular weight is 229 g/mol. The Morgan fingerprint density at radius 2 is 2.31 bits per heavy atom. The number of likely N-dealkylation sites (N-methyl/N-ethyl adjacent to an activating group) is 1. The van der Waals surface area contributed by atoms with Gasteiger partial charge in [-0.25, -0.2) is 0 Å². The molecular formula is C11H23N3O2. The molecule has 1 saturated carbocycles. The maximum atomic E-state index is 8.59. The lowest BCUT2D eigenvalue weighted by molar-refractivity contribution is 0.0330. The molecule has 94 valence electrons. The van der Waals surface area contributed by atoms with Crippen molar-refractivity contribution < 1.29 is 9.94 Å². The minimum absolute atomic E-state index is 0.279. The predicted octanol–water partition coefficient (Wildman–Crippen LogP) is 1.01. The lowest BCUT2D eigenvalue weighted by Crippen LogP contribution is -2.44. The van der Waals surface area contributed by atoms with Crippen LogP contribution in [-0.4, -0.2) is 48.3 Å². The fraction of sp³-hybridized carbons (Fsp3) is 0.909. The van der Waals surface area contributed by atoms with Gasteiger partial charge in [0, 0.05) is 13.2 Å². The Hall–Kier alpha value is -0.810. The molecule has 1 aliphatic rings. The second-order valence-corrected chi connectivity index (χ2v) is 4.33. The quantitative estimate of drug-likeness (QED) is 0.319. The zero-order valence-corrected chi connectivity index (χ0v) is 10.2. The van der Waals surface area contributed by atoms with Crippen molar-refractivity contribution in [1.29, 1.82) is 0 Å². The Labute approximate surface area is 97.2 Å². The molecule has 0 aliphatic heterocycles. The standard InChI is InChI=1S/C11H23N3O2/c1-3-14(8-11(12)13-15)9-5-4-6-10(7-9)16-2/h9-10,15H,3-8H2,1-2H3,(H2,12,13). The number of nitrogens with zero attached hydrogens (tertiary/aromatic N) is 2. The summed E-state index contributed by atoms with van der Waals surface area (Å²) in [5.74, 6) is 0.279. The van der Waals surface area contributed by atoms with E-state index < -0.39 is 0 Å². The van der Waals surface area contributed by atoms with Crippen LogP contribution in [0.3, 0.4) is 0 Å². The summed E-state index contributed by atoms with van der Waals surface area (Å²) in [6.07, 6.45) is 4.92. The average Bonchev–Trinajstić information content (AvgIpc) is 2.35. The molecule has 16 heavy (non-hydrogen) atoms. The maximum absolute atomic E-state index is 8.59. The fourth-order valence-corrected chi connectivity index (χ4v) is 2.40. The van der Waals surface area contributed by atoms with Crippen LogP contribution >= 0.6 is 0 Å². The van der Waals surface area contributed by atoms with E-state index in [1.54, 1.807) is 7.11 Å². The Kier molecular flexibility index (Phi) is 5.55. The number of nitrogens with two attached hydrogens (primary N) is 1. The summed E-state index contributed by atoms with van der Waals surface area (Å²) in [7, 11) is 1.77. The molecule has 2 unspecified atom stereocenters. The van der Waals surface area contributed by atoms with Crippen LogP contribution in [0.2, 0.25) is 0 Å². The van der Waals surface area contributed by atoms with E-state index in [1.165, 1.54) is 12.8 Å². The number of hydrogen-bond acceptors (Lipinski definition) is 4. The van der Waals surface area contributed by atoms with Gasteiger partial charge >= 0.3 is 0 Å². The minimum Gasteiger partial charge on any atom is -0.409 e. The highest BCUT2D eigenvalue weighted by molar-refractivity contribution is 5.81. The number of amidine groups is 1. The Bertz CT molecular complexity index is 233. The molecule has 0 amide bonds. The molecule has 5 heteroatoms.